The average Bonchev–Trinajstić information content (AvgIpc) is 2.67. The van der Waals surface area contributed by atoms with Crippen LogP contribution in [0.4, 0.5) is 39.5 Å². The number of halogens is 9. The number of allylic oxidation sites excluding steroid dienone is 1. The molecule has 1 aromatic rings. The Hall–Kier alpha value is -2.00. The van der Waals surface area contributed by atoms with E-state index in [-0.39, 0.29) is 18.6 Å². The molecule has 0 saturated carbocycles. The van der Waals surface area contributed by atoms with Gasteiger partial charge in [0.05, 0.1) is 0 Å². The van der Waals surface area contributed by atoms with Crippen molar-refractivity contribution in [3.8, 4) is 0 Å². The van der Waals surface area contributed by atoms with Gasteiger partial charge in [0.2, 0.25) is 0 Å². The largest absolute Gasteiger partial charge is 0.460 e. The molecule has 0 aliphatic heterocycles. The maximum absolute atomic E-state index is 14.1. The molecule has 0 spiro atoms. The molecule has 0 unspecified atom stereocenters. The van der Waals surface area contributed by atoms with Crippen molar-refractivity contribution in [1.82, 2.24) is 0 Å². The number of hydrogen-bond acceptors (Lipinski definition) is 1. The Kier molecular flexibility index (Phi) is 9.19. The van der Waals surface area contributed by atoms with Gasteiger partial charge in [-0.3, -0.25) is 4.79 Å². The lowest BCUT2D eigenvalue weighted by molar-refractivity contribution is -0.397. The second-order valence-corrected chi connectivity index (χ2v) is 7.27. The van der Waals surface area contributed by atoms with E-state index in [1.165, 1.54) is 6.08 Å². The van der Waals surface area contributed by atoms with E-state index in [9.17, 15) is 44.3 Å². The fourth-order valence-electron chi connectivity index (χ4n) is 2.79. The van der Waals surface area contributed by atoms with Crippen molar-refractivity contribution in [2.75, 3.05) is 0 Å². The number of carbonyl (C=O) groups is 1. The molecule has 0 amide bonds. The molecule has 0 heterocycles. The molecule has 0 saturated heterocycles. The molecule has 0 N–H and O–H groups in total. The van der Waals surface area contributed by atoms with E-state index in [4.69, 9.17) is 0 Å². The minimum absolute atomic E-state index is 0.129. The third kappa shape index (κ3) is 7.00. The normalized spacial score (nSPS) is 14.8. The molecule has 0 aliphatic carbocycles. The third-order valence-corrected chi connectivity index (χ3v) is 4.69. The van der Waals surface area contributed by atoms with Gasteiger partial charge in [0.1, 0.15) is 5.78 Å². The van der Waals surface area contributed by atoms with Crippen molar-refractivity contribution in [3.63, 3.8) is 0 Å². The van der Waals surface area contributed by atoms with E-state index < -0.39 is 42.7 Å². The highest BCUT2D eigenvalue weighted by atomic mass is 19.4. The topological polar surface area (TPSA) is 17.1 Å². The fourth-order valence-corrected chi connectivity index (χ4v) is 2.79. The first-order chi connectivity index (χ1) is 14.2. The van der Waals surface area contributed by atoms with Crippen LogP contribution in [0, 0.1) is 5.92 Å². The Labute approximate surface area is 174 Å². The summed E-state index contributed by atoms with van der Waals surface area (Å²) in [4.78, 5) is 11.8. The van der Waals surface area contributed by atoms with Gasteiger partial charge in [0, 0.05) is 19.3 Å². The second-order valence-electron chi connectivity index (χ2n) is 7.27. The van der Waals surface area contributed by atoms with Crippen LogP contribution in [0.5, 0.6) is 0 Å². The zero-order valence-corrected chi connectivity index (χ0v) is 16.7. The van der Waals surface area contributed by atoms with Gasteiger partial charge < -0.3 is 0 Å². The Balaban J connectivity index is 3.10. The Bertz CT molecular complexity index is 724. The molecule has 10 heteroatoms. The van der Waals surface area contributed by atoms with E-state index in [0.29, 0.717) is 18.4 Å². The first-order valence-corrected chi connectivity index (χ1v) is 9.61. The van der Waals surface area contributed by atoms with Crippen LogP contribution >= 0.6 is 0 Å². The molecule has 1 rings (SSSR count). The van der Waals surface area contributed by atoms with E-state index in [1.807, 2.05) is 6.92 Å². The fraction of sp³-hybridized carbons (Fsp3) is 0.571. The molecule has 0 radical (unpaired) electrons. The highest BCUT2D eigenvalue weighted by molar-refractivity contribution is 5.78. The Morgan fingerprint density at radius 3 is 2.00 bits per heavy atom. The van der Waals surface area contributed by atoms with Crippen LogP contribution in [-0.2, 0) is 4.79 Å². The van der Waals surface area contributed by atoms with E-state index in [0.717, 1.165) is 6.08 Å². The lowest BCUT2D eigenvalue weighted by Crippen LogP contribution is -2.61. The zero-order valence-electron chi connectivity index (χ0n) is 16.7. The maximum atomic E-state index is 14.1. The summed E-state index contributed by atoms with van der Waals surface area (Å²) in [6.45, 7) is 1.81. The van der Waals surface area contributed by atoms with Gasteiger partial charge in [-0.1, -0.05) is 55.8 Å². The highest BCUT2D eigenvalue weighted by Gasteiger charge is 2.81. The zero-order chi connectivity index (χ0) is 23.9. The van der Waals surface area contributed by atoms with E-state index >= 15 is 0 Å². The number of unbranched alkanes of at least 4 members (excludes halogenated alkanes) is 1. The lowest BCUT2D eigenvalue weighted by atomic mass is 9.89. The standard InChI is InChI=1S/C21H23F9O/c1-2-3-9-17(31)13-12-16(11-10-15-7-5-4-6-8-15)14-18(22,23)19(24,25)20(26,27)21(28,29)30/h4-8,10-11,16H,2-3,9,12-14H2,1H3/b11-10+/t16-/m0/s1. The van der Waals surface area contributed by atoms with Crippen LogP contribution in [0.15, 0.2) is 36.4 Å². The third-order valence-electron chi connectivity index (χ3n) is 4.69. The molecule has 0 aromatic heterocycles. The maximum Gasteiger partial charge on any atom is 0.460 e. The van der Waals surface area contributed by atoms with Crippen molar-refractivity contribution >= 4 is 11.9 Å². The van der Waals surface area contributed by atoms with Gasteiger partial charge in [-0.2, -0.15) is 39.5 Å². The van der Waals surface area contributed by atoms with Crippen LogP contribution in [0.25, 0.3) is 6.08 Å². The van der Waals surface area contributed by atoms with Crippen LogP contribution in [-0.4, -0.2) is 29.7 Å². The SMILES string of the molecule is CCCCC(=O)CC[C@H](/C=C/c1ccccc1)CC(F)(F)C(F)(F)C(F)(F)C(F)(F)F. The number of ketones is 1. The lowest BCUT2D eigenvalue weighted by Gasteiger charge is -2.35. The van der Waals surface area contributed by atoms with E-state index in [1.54, 1.807) is 30.3 Å². The first-order valence-electron chi connectivity index (χ1n) is 9.61. The van der Waals surface area contributed by atoms with E-state index in [2.05, 4.69) is 0 Å². The molecule has 1 nitrogen and oxygen atoms in total. The number of Topliss-reactive ketones (excluding diaryl/α,β-unsaturated/α-hetero) is 1. The number of alkyl halides is 9. The smallest absolute Gasteiger partial charge is 0.300 e. The number of carbonyl (C=O) groups excluding carboxylic acids is 1. The Morgan fingerprint density at radius 2 is 1.48 bits per heavy atom. The highest BCUT2D eigenvalue weighted by Crippen LogP contribution is 2.54. The molecule has 1 atom stereocenters. The molecule has 176 valence electrons. The number of hydrogen-bond donors (Lipinski definition) is 0. The van der Waals surface area contributed by atoms with Gasteiger partial charge in [-0.05, 0) is 24.3 Å². The molecular formula is C21H23F9O. The predicted molar refractivity (Wildman–Crippen MR) is 98.2 cm³/mol. The van der Waals surface area contributed by atoms with Crippen LogP contribution in [0.1, 0.15) is 51.0 Å². The second kappa shape index (κ2) is 10.5. The predicted octanol–water partition coefficient (Wildman–Crippen LogP) is 7.71. The molecule has 0 fully saturated rings. The van der Waals surface area contributed by atoms with Gasteiger partial charge in [-0.25, -0.2) is 0 Å². The quantitative estimate of drug-likeness (QED) is 0.291. The van der Waals surface area contributed by atoms with Gasteiger partial charge in [0.25, 0.3) is 0 Å². The van der Waals surface area contributed by atoms with Crippen molar-refractivity contribution in [1.29, 1.82) is 0 Å². The summed E-state index contributed by atoms with van der Waals surface area (Å²) in [6, 6.07) is 7.93. The molecule has 1 aromatic carbocycles. The summed E-state index contributed by atoms with van der Waals surface area (Å²) in [5.74, 6) is -21.1. The molecular weight excluding hydrogens is 439 g/mol. The summed E-state index contributed by atoms with van der Waals surface area (Å²) >= 11 is 0. The minimum Gasteiger partial charge on any atom is -0.300 e. The Morgan fingerprint density at radius 1 is 0.903 bits per heavy atom. The van der Waals surface area contributed by atoms with Crippen molar-refractivity contribution < 1.29 is 44.3 Å². The van der Waals surface area contributed by atoms with Gasteiger partial charge in [0.15, 0.2) is 0 Å². The summed E-state index contributed by atoms with van der Waals surface area (Å²) < 4.78 is 119. The van der Waals surface area contributed by atoms with Crippen LogP contribution in [0.3, 0.4) is 0 Å². The molecule has 0 bridgehead atoms. The first kappa shape index (κ1) is 27.0. The van der Waals surface area contributed by atoms with Gasteiger partial charge >= 0.3 is 23.9 Å². The summed E-state index contributed by atoms with van der Waals surface area (Å²) in [6.07, 6.45) is -5.90. The summed E-state index contributed by atoms with van der Waals surface area (Å²) in [5.41, 5.74) is 0.473. The van der Waals surface area contributed by atoms with Gasteiger partial charge in [-0.15, -0.1) is 0 Å². The minimum atomic E-state index is -6.92. The van der Waals surface area contributed by atoms with Crippen LogP contribution < -0.4 is 0 Å². The monoisotopic (exact) mass is 462 g/mol. The average molecular weight is 462 g/mol. The molecule has 31 heavy (non-hydrogen) atoms. The number of rotatable bonds is 12. The van der Waals surface area contributed by atoms with Crippen LogP contribution in [0.2, 0.25) is 0 Å². The molecule has 0 aliphatic rings. The van der Waals surface area contributed by atoms with Crippen molar-refractivity contribution in [2.24, 2.45) is 5.92 Å². The number of benzene rings is 1. The van der Waals surface area contributed by atoms with Crippen molar-refractivity contribution in [3.05, 3.63) is 42.0 Å². The summed E-state index contributed by atoms with van der Waals surface area (Å²) in [7, 11) is 0. The van der Waals surface area contributed by atoms with Crippen molar-refractivity contribution in [2.45, 2.75) is 69.4 Å². The summed E-state index contributed by atoms with van der Waals surface area (Å²) in [5, 5.41) is 0.